The van der Waals surface area contributed by atoms with Crippen LogP contribution in [0.5, 0.6) is 0 Å². The Labute approximate surface area is 140 Å². The molecule has 0 spiro atoms. The Morgan fingerprint density at radius 1 is 1.29 bits per heavy atom. The molecular formula is C17H21NO5S. The molecule has 1 aromatic carbocycles. The largest absolute Gasteiger partial charge is 0.475 e. The number of rotatable bonds is 4. The van der Waals surface area contributed by atoms with Crippen LogP contribution in [0.25, 0.3) is 11.0 Å². The lowest BCUT2D eigenvalue weighted by Crippen LogP contribution is -2.40. The third-order valence-electron chi connectivity index (χ3n) is 4.83. The molecule has 130 valence electrons. The van der Waals surface area contributed by atoms with E-state index in [1.807, 2.05) is 0 Å². The average Bonchev–Trinajstić information content (AvgIpc) is 2.86. The number of carbonyl (C=O) groups is 1. The Bertz CT molecular complexity index is 884. The normalized spacial score (nSPS) is 21.9. The van der Waals surface area contributed by atoms with Crippen molar-refractivity contribution in [3.05, 3.63) is 29.5 Å². The van der Waals surface area contributed by atoms with Gasteiger partial charge in [-0.05, 0) is 43.9 Å². The first-order chi connectivity index (χ1) is 11.3. The molecule has 2 N–H and O–H groups in total. The van der Waals surface area contributed by atoms with Crippen LogP contribution in [0.3, 0.4) is 0 Å². The van der Waals surface area contributed by atoms with Crippen LogP contribution in [0.2, 0.25) is 0 Å². The van der Waals surface area contributed by atoms with Crippen molar-refractivity contribution in [1.29, 1.82) is 0 Å². The molecule has 0 aliphatic heterocycles. The highest BCUT2D eigenvalue weighted by atomic mass is 32.2. The first kappa shape index (κ1) is 17.0. The SMILES string of the molecule is Cc1c(C(=O)O)oc2ccc(S(=O)(=O)NC3CCCCC3C)cc12. The average molecular weight is 351 g/mol. The summed E-state index contributed by atoms with van der Waals surface area (Å²) in [6.07, 6.45) is 4.03. The highest BCUT2D eigenvalue weighted by molar-refractivity contribution is 7.89. The van der Waals surface area contributed by atoms with Gasteiger partial charge in [0.15, 0.2) is 0 Å². The third-order valence-corrected chi connectivity index (χ3v) is 6.32. The molecule has 1 saturated carbocycles. The van der Waals surface area contributed by atoms with E-state index in [0.29, 0.717) is 22.5 Å². The Morgan fingerprint density at radius 2 is 2.00 bits per heavy atom. The third kappa shape index (κ3) is 3.06. The summed E-state index contributed by atoms with van der Waals surface area (Å²) in [5.41, 5.74) is 0.801. The lowest BCUT2D eigenvalue weighted by molar-refractivity contribution is 0.0664. The van der Waals surface area contributed by atoms with Crippen molar-refractivity contribution in [2.24, 2.45) is 5.92 Å². The van der Waals surface area contributed by atoms with Gasteiger partial charge in [-0.25, -0.2) is 17.9 Å². The molecule has 1 aliphatic rings. The Balaban J connectivity index is 1.95. The smallest absolute Gasteiger partial charge is 0.372 e. The second-order valence-electron chi connectivity index (χ2n) is 6.51. The van der Waals surface area contributed by atoms with Gasteiger partial charge in [0, 0.05) is 17.0 Å². The lowest BCUT2D eigenvalue weighted by atomic mass is 9.87. The van der Waals surface area contributed by atoms with Gasteiger partial charge in [0.25, 0.3) is 0 Å². The molecule has 0 bridgehead atoms. The lowest BCUT2D eigenvalue weighted by Gasteiger charge is -2.29. The summed E-state index contributed by atoms with van der Waals surface area (Å²) in [5.74, 6) is -1.01. The quantitative estimate of drug-likeness (QED) is 0.881. The molecule has 2 aromatic rings. The molecule has 2 unspecified atom stereocenters. The van der Waals surface area contributed by atoms with Crippen molar-refractivity contribution in [2.45, 2.75) is 50.5 Å². The van der Waals surface area contributed by atoms with E-state index in [4.69, 9.17) is 9.52 Å². The second kappa shape index (κ2) is 6.22. The first-order valence-corrected chi connectivity index (χ1v) is 9.56. The van der Waals surface area contributed by atoms with Crippen LogP contribution in [0, 0.1) is 12.8 Å². The second-order valence-corrected chi connectivity index (χ2v) is 8.22. The van der Waals surface area contributed by atoms with Crippen LogP contribution >= 0.6 is 0 Å². The number of sulfonamides is 1. The molecule has 7 heteroatoms. The zero-order chi connectivity index (χ0) is 17.5. The summed E-state index contributed by atoms with van der Waals surface area (Å²) < 4.78 is 33.4. The number of hydrogen-bond acceptors (Lipinski definition) is 4. The van der Waals surface area contributed by atoms with Gasteiger partial charge < -0.3 is 9.52 Å². The Kier molecular flexibility index (Phi) is 4.40. The molecule has 1 heterocycles. The predicted octanol–water partition coefficient (Wildman–Crippen LogP) is 3.30. The number of hydrogen-bond donors (Lipinski definition) is 2. The maximum Gasteiger partial charge on any atom is 0.372 e. The molecule has 0 saturated heterocycles. The van der Waals surface area contributed by atoms with Crippen LogP contribution in [-0.2, 0) is 10.0 Å². The van der Waals surface area contributed by atoms with Crippen LogP contribution in [0.1, 0.15) is 48.7 Å². The van der Waals surface area contributed by atoms with Crippen molar-refractivity contribution in [2.75, 3.05) is 0 Å². The van der Waals surface area contributed by atoms with E-state index in [0.717, 1.165) is 25.7 Å². The minimum atomic E-state index is -3.65. The minimum absolute atomic E-state index is 0.0560. The van der Waals surface area contributed by atoms with Crippen molar-refractivity contribution >= 4 is 27.0 Å². The van der Waals surface area contributed by atoms with Crippen LogP contribution in [0.15, 0.2) is 27.5 Å². The maximum absolute atomic E-state index is 12.7. The molecule has 6 nitrogen and oxygen atoms in total. The van der Waals surface area contributed by atoms with E-state index in [1.54, 1.807) is 6.92 Å². The molecule has 1 aliphatic carbocycles. The van der Waals surface area contributed by atoms with E-state index in [9.17, 15) is 13.2 Å². The van der Waals surface area contributed by atoms with E-state index in [2.05, 4.69) is 11.6 Å². The zero-order valence-corrected chi connectivity index (χ0v) is 14.5. The van der Waals surface area contributed by atoms with Crippen molar-refractivity contribution < 1.29 is 22.7 Å². The summed E-state index contributed by atoms with van der Waals surface area (Å²) in [5, 5.41) is 9.62. The van der Waals surface area contributed by atoms with E-state index in [1.165, 1.54) is 18.2 Å². The molecule has 2 atom stereocenters. The number of aryl methyl sites for hydroxylation is 1. The standard InChI is InChI=1S/C17H21NO5S/c1-10-5-3-4-6-14(10)18-24(21,22)12-7-8-15-13(9-12)11(2)16(23-15)17(19)20/h7-10,14,18H,3-6H2,1-2H3,(H,19,20). The molecule has 0 amide bonds. The molecule has 1 fully saturated rings. The number of benzene rings is 1. The summed E-state index contributed by atoms with van der Waals surface area (Å²) in [6.45, 7) is 3.68. The van der Waals surface area contributed by atoms with Gasteiger partial charge in [-0.2, -0.15) is 0 Å². The predicted molar refractivity (Wildman–Crippen MR) is 89.7 cm³/mol. The van der Waals surface area contributed by atoms with Crippen LogP contribution in [0.4, 0.5) is 0 Å². The van der Waals surface area contributed by atoms with Gasteiger partial charge in [-0.1, -0.05) is 19.8 Å². The molecule has 3 rings (SSSR count). The van der Waals surface area contributed by atoms with Gasteiger partial charge in [0.2, 0.25) is 15.8 Å². The Hall–Kier alpha value is -1.86. The molecule has 1 aromatic heterocycles. The van der Waals surface area contributed by atoms with Crippen molar-refractivity contribution in [1.82, 2.24) is 4.72 Å². The Morgan fingerprint density at radius 3 is 2.67 bits per heavy atom. The van der Waals surface area contributed by atoms with Gasteiger partial charge in [0.1, 0.15) is 5.58 Å². The number of fused-ring (bicyclic) bond motifs is 1. The molecule has 0 radical (unpaired) electrons. The highest BCUT2D eigenvalue weighted by Crippen LogP contribution is 2.29. The molecule has 24 heavy (non-hydrogen) atoms. The maximum atomic E-state index is 12.7. The van der Waals surface area contributed by atoms with Gasteiger partial charge in [-0.15, -0.1) is 0 Å². The topological polar surface area (TPSA) is 96.6 Å². The van der Waals surface area contributed by atoms with Gasteiger partial charge in [0.05, 0.1) is 4.90 Å². The van der Waals surface area contributed by atoms with Crippen LogP contribution in [-0.4, -0.2) is 25.5 Å². The number of aromatic carboxylic acids is 1. The van der Waals surface area contributed by atoms with E-state index in [-0.39, 0.29) is 16.7 Å². The van der Waals surface area contributed by atoms with Crippen molar-refractivity contribution in [3.8, 4) is 0 Å². The monoisotopic (exact) mass is 351 g/mol. The number of carboxylic acids is 1. The fourth-order valence-corrected chi connectivity index (χ4v) is 4.73. The summed E-state index contributed by atoms with van der Waals surface area (Å²) in [6, 6.07) is 4.39. The number of furan rings is 1. The first-order valence-electron chi connectivity index (χ1n) is 8.08. The number of carboxylic acid groups (broad SMARTS) is 1. The van der Waals surface area contributed by atoms with E-state index < -0.39 is 16.0 Å². The number of nitrogens with one attached hydrogen (secondary N) is 1. The van der Waals surface area contributed by atoms with Gasteiger partial charge >= 0.3 is 5.97 Å². The summed E-state index contributed by atoms with van der Waals surface area (Å²) in [4.78, 5) is 11.3. The fraction of sp³-hybridized carbons (Fsp3) is 0.471. The fourth-order valence-electron chi connectivity index (χ4n) is 3.33. The van der Waals surface area contributed by atoms with Crippen LogP contribution < -0.4 is 4.72 Å². The molecular weight excluding hydrogens is 330 g/mol. The zero-order valence-electron chi connectivity index (χ0n) is 13.7. The summed E-state index contributed by atoms with van der Waals surface area (Å²) in [7, 11) is -3.65. The highest BCUT2D eigenvalue weighted by Gasteiger charge is 2.27. The van der Waals surface area contributed by atoms with Gasteiger partial charge in [-0.3, -0.25) is 0 Å². The van der Waals surface area contributed by atoms with E-state index >= 15 is 0 Å². The van der Waals surface area contributed by atoms with Crippen molar-refractivity contribution in [3.63, 3.8) is 0 Å². The summed E-state index contributed by atoms with van der Waals surface area (Å²) >= 11 is 0. The minimum Gasteiger partial charge on any atom is -0.475 e.